The summed E-state index contributed by atoms with van der Waals surface area (Å²) in [5, 5.41) is 6.92. The Hall–Kier alpha value is -2.84. The fourth-order valence-corrected chi connectivity index (χ4v) is 3.74. The Bertz CT molecular complexity index is 834. The van der Waals surface area contributed by atoms with E-state index >= 15 is 0 Å². The van der Waals surface area contributed by atoms with Gasteiger partial charge in [0.2, 0.25) is 0 Å². The van der Waals surface area contributed by atoms with Gasteiger partial charge < -0.3 is 25.0 Å². The second-order valence-electron chi connectivity index (χ2n) is 7.62. The van der Waals surface area contributed by atoms with Crippen molar-refractivity contribution < 1.29 is 9.47 Å². The fraction of sp³-hybridized carbons (Fsp3) is 0.478. The third kappa shape index (κ3) is 6.32. The lowest BCUT2D eigenvalue weighted by atomic mass is 10.0. The number of pyridine rings is 1. The van der Waals surface area contributed by atoms with E-state index in [9.17, 15) is 0 Å². The van der Waals surface area contributed by atoms with E-state index in [0.717, 1.165) is 55.9 Å². The Labute approximate surface area is 185 Å². The molecule has 1 fully saturated rings. The van der Waals surface area contributed by atoms with Crippen molar-refractivity contribution in [3.8, 4) is 5.75 Å². The summed E-state index contributed by atoms with van der Waals surface area (Å²) in [4.78, 5) is 13.4. The zero-order valence-corrected chi connectivity index (χ0v) is 19.0. The lowest BCUT2D eigenvalue weighted by molar-refractivity contribution is 0.0170. The minimum atomic E-state index is 0.212. The van der Waals surface area contributed by atoms with Gasteiger partial charge in [0.25, 0.3) is 0 Å². The number of benzene rings is 1. The van der Waals surface area contributed by atoms with Crippen LogP contribution in [0.3, 0.4) is 0 Å². The molecule has 8 heteroatoms. The minimum Gasteiger partial charge on any atom is -0.497 e. The largest absolute Gasteiger partial charge is 0.497 e. The molecule has 0 saturated carbocycles. The highest BCUT2D eigenvalue weighted by molar-refractivity contribution is 5.79. The third-order valence-electron chi connectivity index (χ3n) is 5.41. The number of rotatable bonds is 8. The Morgan fingerprint density at radius 2 is 1.94 bits per heavy atom. The lowest BCUT2D eigenvalue weighted by Gasteiger charge is -2.35. The van der Waals surface area contributed by atoms with Gasteiger partial charge in [-0.3, -0.25) is 9.89 Å². The van der Waals surface area contributed by atoms with Crippen molar-refractivity contribution in [2.24, 2.45) is 4.99 Å². The molecule has 1 aliphatic heterocycles. The van der Waals surface area contributed by atoms with Crippen molar-refractivity contribution in [1.29, 1.82) is 0 Å². The molecule has 1 saturated heterocycles. The average Bonchev–Trinajstić information content (AvgIpc) is 2.82. The predicted molar refractivity (Wildman–Crippen MR) is 125 cm³/mol. The molecule has 2 aromatic rings. The molecule has 1 aromatic carbocycles. The first-order valence-electron chi connectivity index (χ1n) is 10.6. The van der Waals surface area contributed by atoms with Gasteiger partial charge in [0.05, 0.1) is 26.4 Å². The van der Waals surface area contributed by atoms with Gasteiger partial charge in [-0.05, 0) is 23.8 Å². The maximum absolute atomic E-state index is 5.56. The normalized spacial score (nSPS) is 15.9. The van der Waals surface area contributed by atoms with Crippen LogP contribution in [0.25, 0.3) is 0 Å². The molecule has 0 aliphatic carbocycles. The highest BCUT2D eigenvalue weighted by Crippen LogP contribution is 2.23. The van der Waals surface area contributed by atoms with Crippen LogP contribution in [0.15, 0.2) is 47.6 Å². The van der Waals surface area contributed by atoms with Crippen molar-refractivity contribution >= 4 is 11.8 Å². The molecular weight excluding hydrogens is 392 g/mol. The lowest BCUT2D eigenvalue weighted by Crippen LogP contribution is -2.46. The van der Waals surface area contributed by atoms with Crippen molar-refractivity contribution in [2.75, 3.05) is 66.0 Å². The summed E-state index contributed by atoms with van der Waals surface area (Å²) >= 11 is 0. The maximum atomic E-state index is 5.56. The van der Waals surface area contributed by atoms with Crippen LogP contribution in [0, 0.1) is 0 Å². The minimum absolute atomic E-state index is 0.212. The van der Waals surface area contributed by atoms with Gasteiger partial charge in [0.1, 0.15) is 11.6 Å². The first-order chi connectivity index (χ1) is 15.1. The standard InChI is InChI=1S/C23H34N6O2/c1-24-23(26-16-19-6-5-11-25-22(19)28(2)3)27-17-21(29-12-14-31-15-13-29)18-7-9-20(30-4)10-8-18/h5-11,21H,12-17H2,1-4H3,(H2,24,26,27). The van der Waals surface area contributed by atoms with E-state index in [4.69, 9.17) is 9.47 Å². The number of hydrogen-bond acceptors (Lipinski definition) is 6. The van der Waals surface area contributed by atoms with Crippen LogP contribution in [-0.4, -0.2) is 76.9 Å². The average molecular weight is 427 g/mol. The molecule has 1 atom stereocenters. The highest BCUT2D eigenvalue weighted by Gasteiger charge is 2.23. The quantitative estimate of drug-likeness (QED) is 0.493. The summed E-state index contributed by atoms with van der Waals surface area (Å²) in [6.07, 6.45) is 1.81. The zero-order valence-electron chi connectivity index (χ0n) is 19.0. The molecule has 1 aliphatic rings. The van der Waals surface area contributed by atoms with Crippen molar-refractivity contribution in [3.63, 3.8) is 0 Å². The summed E-state index contributed by atoms with van der Waals surface area (Å²) in [6, 6.07) is 12.5. The van der Waals surface area contributed by atoms with E-state index in [0.29, 0.717) is 6.54 Å². The molecule has 8 nitrogen and oxygen atoms in total. The number of anilines is 1. The predicted octanol–water partition coefficient (Wildman–Crippen LogP) is 1.89. The van der Waals surface area contributed by atoms with E-state index in [1.807, 2.05) is 43.4 Å². The SMILES string of the molecule is CN=C(NCc1cccnc1N(C)C)NCC(c1ccc(OC)cc1)N1CCOCC1. The first-order valence-corrected chi connectivity index (χ1v) is 10.6. The maximum Gasteiger partial charge on any atom is 0.191 e. The molecule has 1 aromatic heterocycles. The molecule has 0 amide bonds. The van der Waals surface area contributed by atoms with Gasteiger partial charge in [0.15, 0.2) is 5.96 Å². The van der Waals surface area contributed by atoms with Crippen molar-refractivity contribution in [3.05, 3.63) is 53.7 Å². The molecule has 2 N–H and O–H groups in total. The summed E-state index contributed by atoms with van der Waals surface area (Å²) in [7, 11) is 7.49. The van der Waals surface area contributed by atoms with Crippen LogP contribution in [-0.2, 0) is 11.3 Å². The number of morpholine rings is 1. The molecule has 0 radical (unpaired) electrons. The number of methoxy groups -OCH3 is 1. The molecule has 2 heterocycles. The molecule has 168 valence electrons. The number of ether oxygens (including phenoxy) is 2. The number of guanidine groups is 1. The Morgan fingerprint density at radius 1 is 1.19 bits per heavy atom. The number of nitrogens with one attached hydrogen (secondary N) is 2. The highest BCUT2D eigenvalue weighted by atomic mass is 16.5. The second-order valence-corrected chi connectivity index (χ2v) is 7.62. The Balaban J connectivity index is 1.66. The smallest absolute Gasteiger partial charge is 0.191 e. The van der Waals surface area contributed by atoms with Crippen LogP contribution in [0.2, 0.25) is 0 Å². The molecule has 31 heavy (non-hydrogen) atoms. The van der Waals surface area contributed by atoms with Crippen molar-refractivity contribution in [1.82, 2.24) is 20.5 Å². The summed E-state index contributed by atoms with van der Waals surface area (Å²) < 4.78 is 10.9. The number of aliphatic imine (C=N–C) groups is 1. The topological polar surface area (TPSA) is 74.2 Å². The van der Waals surface area contributed by atoms with Gasteiger partial charge in [-0.2, -0.15) is 0 Å². The van der Waals surface area contributed by atoms with E-state index in [1.54, 1.807) is 14.2 Å². The Kier molecular flexibility index (Phi) is 8.49. The molecule has 1 unspecified atom stereocenters. The van der Waals surface area contributed by atoms with Crippen LogP contribution in [0.1, 0.15) is 17.2 Å². The van der Waals surface area contributed by atoms with E-state index in [2.05, 4.69) is 43.7 Å². The van der Waals surface area contributed by atoms with Gasteiger partial charge in [-0.1, -0.05) is 18.2 Å². The number of hydrogen-bond donors (Lipinski definition) is 2. The van der Waals surface area contributed by atoms with E-state index in [1.165, 1.54) is 5.56 Å². The van der Waals surface area contributed by atoms with E-state index in [-0.39, 0.29) is 6.04 Å². The molecule has 0 spiro atoms. The molecule has 0 bridgehead atoms. The monoisotopic (exact) mass is 426 g/mol. The van der Waals surface area contributed by atoms with Crippen LogP contribution >= 0.6 is 0 Å². The van der Waals surface area contributed by atoms with Gasteiger partial charge in [-0.15, -0.1) is 0 Å². The van der Waals surface area contributed by atoms with Gasteiger partial charge in [-0.25, -0.2) is 4.98 Å². The van der Waals surface area contributed by atoms with Crippen molar-refractivity contribution in [2.45, 2.75) is 12.6 Å². The molecule has 3 rings (SSSR count). The molecular formula is C23H34N6O2. The van der Waals surface area contributed by atoms with E-state index < -0.39 is 0 Å². The third-order valence-corrected chi connectivity index (χ3v) is 5.41. The van der Waals surface area contributed by atoms with Crippen LogP contribution in [0.5, 0.6) is 5.75 Å². The second kappa shape index (κ2) is 11.5. The summed E-state index contributed by atoms with van der Waals surface area (Å²) in [5.41, 5.74) is 2.36. The summed E-state index contributed by atoms with van der Waals surface area (Å²) in [5.74, 6) is 2.58. The fourth-order valence-electron chi connectivity index (χ4n) is 3.74. The number of aromatic nitrogens is 1. The zero-order chi connectivity index (χ0) is 22.1. The summed E-state index contributed by atoms with van der Waals surface area (Å²) in [6.45, 7) is 4.71. The first kappa shape index (κ1) is 22.8. The van der Waals surface area contributed by atoms with Crippen LogP contribution < -0.4 is 20.3 Å². The van der Waals surface area contributed by atoms with Gasteiger partial charge >= 0.3 is 0 Å². The van der Waals surface area contributed by atoms with Crippen LogP contribution in [0.4, 0.5) is 5.82 Å². The van der Waals surface area contributed by atoms with Gasteiger partial charge in [0, 0.05) is 59.1 Å². The number of nitrogens with zero attached hydrogens (tertiary/aromatic N) is 4. The Morgan fingerprint density at radius 3 is 2.58 bits per heavy atom.